The van der Waals surface area contributed by atoms with E-state index < -0.39 is 5.97 Å². The van der Waals surface area contributed by atoms with Gasteiger partial charge in [-0.25, -0.2) is 9.78 Å². The lowest BCUT2D eigenvalue weighted by Gasteiger charge is -2.26. The molecule has 0 amide bonds. The first-order valence-electron chi connectivity index (χ1n) is 8.15. The van der Waals surface area contributed by atoms with Crippen molar-refractivity contribution in [2.24, 2.45) is 0 Å². The van der Waals surface area contributed by atoms with Crippen LogP contribution in [0.2, 0.25) is 10.0 Å². The van der Waals surface area contributed by atoms with Gasteiger partial charge in [0.1, 0.15) is 11.4 Å². The predicted molar refractivity (Wildman–Crippen MR) is 108 cm³/mol. The van der Waals surface area contributed by atoms with Gasteiger partial charge in [0.05, 0.1) is 10.5 Å². The van der Waals surface area contributed by atoms with Crippen molar-refractivity contribution in [1.82, 2.24) is 4.98 Å². The molecule has 134 valence electrons. The van der Waals surface area contributed by atoms with Crippen molar-refractivity contribution in [3.63, 3.8) is 0 Å². The van der Waals surface area contributed by atoms with Crippen LogP contribution in [0.15, 0.2) is 42.5 Å². The van der Waals surface area contributed by atoms with Crippen LogP contribution in [0.3, 0.4) is 0 Å². The van der Waals surface area contributed by atoms with Gasteiger partial charge in [-0.3, -0.25) is 0 Å². The van der Waals surface area contributed by atoms with E-state index in [1.165, 1.54) is 0 Å². The standard InChI is InChI=1S/C20H18Cl2N2O2/c1-11(2)24(3)19-17(20(25)26)16(12-7-5-4-6-8-12)14-9-13(21)10-15(22)18(14)23-19/h4-11H,1-3H3,(H,25,26). The molecule has 3 aromatic rings. The van der Waals surface area contributed by atoms with Crippen LogP contribution in [-0.2, 0) is 0 Å². The van der Waals surface area contributed by atoms with Gasteiger partial charge in [0.15, 0.2) is 0 Å². The number of benzene rings is 2. The van der Waals surface area contributed by atoms with E-state index in [0.29, 0.717) is 32.3 Å². The Kier molecular flexibility index (Phi) is 5.08. The van der Waals surface area contributed by atoms with E-state index in [0.717, 1.165) is 5.56 Å². The number of carbonyl (C=O) groups is 1. The fourth-order valence-corrected chi connectivity index (χ4v) is 3.42. The number of anilines is 1. The SMILES string of the molecule is CC(C)N(C)c1nc2c(Cl)cc(Cl)cc2c(-c2ccccc2)c1C(=O)O. The molecule has 1 aromatic heterocycles. The molecule has 1 heterocycles. The van der Waals surface area contributed by atoms with E-state index in [9.17, 15) is 9.90 Å². The van der Waals surface area contributed by atoms with Crippen molar-refractivity contribution in [2.45, 2.75) is 19.9 Å². The Morgan fingerprint density at radius 3 is 2.38 bits per heavy atom. The number of aromatic carboxylic acids is 1. The second kappa shape index (κ2) is 7.14. The highest BCUT2D eigenvalue weighted by Crippen LogP contribution is 2.40. The van der Waals surface area contributed by atoms with Gasteiger partial charge in [-0.15, -0.1) is 0 Å². The Morgan fingerprint density at radius 2 is 1.81 bits per heavy atom. The van der Waals surface area contributed by atoms with Crippen molar-refractivity contribution < 1.29 is 9.90 Å². The zero-order chi connectivity index (χ0) is 19.0. The molecule has 3 rings (SSSR count). The van der Waals surface area contributed by atoms with E-state index in [-0.39, 0.29) is 11.6 Å². The molecule has 0 aliphatic rings. The number of pyridine rings is 1. The summed E-state index contributed by atoms with van der Waals surface area (Å²) in [5.41, 5.74) is 2.00. The van der Waals surface area contributed by atoms with Crippen LogP contribution >= 0.6 is 23.2 Å². The van der Waals surface area contributed by atoms with Crippen molar-refractivity contribution >= 4 is 45.9 Å². The van der Waals surface area contributed by atoms with E-state index in [1.807, 2.05) is 56.1 Å². The lowest BCUT2D eigenvalue weighted by Crippen LogP contribution is -2.29. The monoisotopic (exact) mass is 388 g/mol. The molecule has 0 spiro atoms. The largest absolute Gasteiger partial charge is 0.478 e. The van der Waals surface area contributed by atoms with Gasteiger partial charge in [-0.2, -0.15) is 0 Å². The lowest BCUT2D eigenvalue weighted by molar-refractivity contribution is 0.0698. The fraction of sp³-hybridized carbons (Fsp3) is 0.200. The van der Waals surface area contributed by atoms with Gasteiger partial charge in [0, 0.05) is 29.1 Å². The normalized spacial score (nSPS) is 11.2. The summed E-state index contributed by atoms with van der Waals surface area (Å²) in [5.74, 6) is -0.667. The molecule has 0 aliphatic heterocycles. The Balaban J connectivity index is 2.54. The minimum atomic E-state index is -1.04. The van der Waals surface area contributed by atoms with Gasteiger partial charge < -0.3 is 10.0 Å². The number of rotatable bonds is 4. The van der Waals surface area contributed by atoms with Crippen LogP contribution < -0.4 is 4.90 Å². The van der Waals surface area contributed by atoms with Gasteiger partial charge >= 0.3 is 5.97 Å². The maximum absolute atomic E-state index is 12.2. The van der Waals surface area contributed by atoms with E-state index in [4.69, 9.17) is 23.2 Å². The van der Waals surface area contributed by atoms with Gasteiger partial charge in [0.2, 0.25) is 0 Å². The smallest absolute Gasteiger partial charge is 0.340 e. The zero-order valence-corrected chi connectivity index (χ0v) is 16.1. The van der Waals surface area contributed by atoms with E-state index in [1.54, 1.807) is 12.1 Å². The molecule has 0 unspecified atom stereocenters. The average molecular weight is 389 g/mol. The number of carboxylic acids is 1. The zero-order valence-electron chi connectivity index (χ0n) is 14.6. The first kappa shape index (κ1) is 18.5. The molecular weight excluding hydrogens is 371 g/mol. The molecule has 0 atom stereocenters. The van der Waals surface area contributed by atoms with Gasteiger partial charge in [-0.05, 0) is 31.5 Å². The number of hydrogen-bond acceptors (Lipinski definition) is 3. The van der Waals surface area contributed by atoms with Crippen LogP contribution in [0.4, 0.5) is 5.82 Å². The predicted octanol–water partition coefficient (Wildman–Crippen LogP) is 5.75. The van der Waals surface area contributed by atoms with E-state index in [2.05, 4.69) is 4.98 Å². The van der Waals surface area contributed by atoms with Crippen molar-refractivity contribution in [2.75, 3.05) is 11.9 Å². The summed E-state index contributed by atoms with van der Waals surface area (Å²) in [5, 5.41) is 11.4. The molecule has 2 aromatic carbocycles. The van der Waals surface area contributed by atoms with Crippen molar-refractivity contribution in [3.05, 3.63) is 58.1 Å². The number of hydrogen-bond donors (Lipinski definition) is 1. The fourth-order valence-electron chi connectivity index (χ4n) is 2.89. The molecule has 4 nitrogen and oxygen atoms in total. The quantitative estimate of drug-likeness (QED) is 0.617. The van der Waals surface area contributed by atoms with Gasteiger partial charge in [-0.1, -0.05) is 53.5 Å². The highest BCUT2D eigenvalue weighted by molar-refractivity contribution is 6.39. The second-order valence-corrected chi connectivity index (χ2v) is 7.19. The number of nitrogens with zero attached hydrogens (tertiary/aromatic N) is 2. The van der Waals surface area contributed by atoms with Crippen molar-refractivity contribution in [3.8, 4) is 11.1 Å². The number of fused-ring (bicyclic) bond motifs is 1. The molecule has 26 heavy (non-hydrogen) atoms. The highest BCUT2D eigenvalue weighted by Gasteiger charge is 2.26. The lowest BCUT2D eigenvalue weighted by atomic mass is 9.95. The summed E-state index contributed by atoms with van der Waals surface area (Å²) in [7, 11) is 1.82. The summed E-state index contributed by atoms with van der Waals surface area (Å²) in [4.78, 5) is 18.7. The number of aromatic nitrogens is 1. The third kappa shape index (κ3) is 3.22. The molecule has 0 fully saturated rings. The van der Waals surface area contributed by atoms with Crippen molar-refractivity contribution in [1.29, 1.82) is 0 Å². The maximum Gasteiger partial charge on any atom is 0.340 e. The molecule has 1 N–H and O–H groups in total. The number of halogens is 2. The summed E-state index contributed by atoms with van der Waals surface area (Å²) < 4.78 is 0. The topological polar surface area (TPSA) is 53.4 Å². The van der Waals surface area contributed by atoms with Crippen LogP contribution in [0, 0.1) is 0 Å². The molecule has 0 saturated heterocycles. The number of carboxylic acid groups (broad SMARTS) is 1. The molecular formula is C20H18Cl2N2O2. The molecule has 0 saturated carbocycles. The Labute approximate surface area is 162 Å². The van der Waals surface area contributed by atoms with Crippen LogP contribution in [-0.4, -0.2) is 29.1 Å². The third-order valence-corrected chi connectivity index (χ3v) is 4.88. The third-order valence-electron chi connectivity index (χ3n) is 4.37. The Morgan fingerprint density at radius 1 is 1.15 bits per heavy atom. The molecule has 0 bridgehead atoms. The Hall–Kier alpha value is -2.30. The van der Waals surface area contributed by atoms with Gasteiger partial charge in [0.25, 0.3) is 0 Å². The minimum absolute atomic E-state index is 0.0627. The summed E-state index contributed by atoms with van der Waals surface area (Å²) in [6.07, 6.45) is 0. The maximum atomic E-state index is 12.2. The highest BCUT2D eigenvalue weighted by atomic mass is 35.5. The van der Waals surface area contributed by atoms with Crippen LogP contribution in [0.5, 0.6) is 0 Å². The summed E-state index contributed by atoms with van der Waals surface area (Å²) >= 11 is 12.6. The Bertz CT molecular complexity index is 988. The minimum Gasteiger partial charge on any atom is -0.478 e. The second-order valence-electron chi connectivity index (χ2n) is 6.35. The van der Waals surface area contributed by atoms with Crippen LogP contribution in [0.1, 0.15) is 24.2 Å². The molecule has 6 heteroatoms. The molecule has 0 aliphatic carbocycles. The summed E-state index contributed by atoms with van der Waals surface area (Å²) in [6.45, 7) is 3.95. The van der Waals surface area contributed by atoms with E-state index >= 15 is 0 Å². The first-order chi connectivity index (χ1) is 12.3. The summed E-state index contributed by atoms with van der Waals surface area (Å²) in [6, 6.07) is 12.7. The molecule has 0 radical (unpaired) electrons. The van der Waals surface area contributed by atoms with Crippen LogP contribution in [0.25, 0.3) is 22.0 Å². The average Bonchev–Trinajstić information content (AvgIpc) is 2.60. The first-order valence-corrected chi connectivity index (χ1v) is 8.91.